The monoisotopic (exact) mass is 375 g/mol. The number of carbonyl (C=O) groups is 1. The van der Waals surface area contributed by atoms with Gasteiger partial charge in [0.15, 0.2) is 5.76 Å². The first-order chi connectivity index (χ1) is 13.3. The number of nitrogens with zero attached hydrogens (tertiary/aromatic N) is 5. The third-order valence-corrected chi connectivity index (χ3v) is 5.60. The molecule has 2 fully saturated rings. The number of nitrogens with one attached hydrogen (secondary N) is 1. The normalized spacial score (nSPS) is 22.3. The van der Waals surface area contributed by atoms with Crippen LogP contribution in [0.5, 0.6) is 0 Å². The average molecular weight is 375 g/mol. The first-order valence-electron chi connectivity index (χ1n) is 9.81. The zero-order chi connectivity index (χ0) is 18.6. The van der Waals surface area contributed by atoms with Gasteiger partial charge in [-0.2, -0.15) is 0 Å². The molecule has 27 heavy (non-hydrogen) atoms. The zero-order valence-corrected chi connectivity index (χ0v) is 15.7. The lowest BCUT2D eigenvalue weighted by Gasteiger charge is -2.35. The maximum absolute atomic E-state index is 12.5. The molecule has 9 heteroatoms. The van der Waals surface area contributed by atoms with Crippen LogP contribution in [0.1, 0.15) is 48.6 Å². The highest BCUT2D eigenvalue weighted by Crippen LogP contribution is 2.17. The molecule has 2 aromatic rings. The van der Waals surface area contributed by atoms with Crippen molar-refractivity contribution in [1.29, 1.82) is 0 Å². The van der Waals surface area contributed by atoms with Crippen LogP contribution in [0.3, 0.4) is 0 Å². The number of amides is 1. The van der Waals surface area contributed by atoms with Crippen LogP contribution in [0.4, 0.5) is 0 Å². The van der Waals surface area contributed by atoms with Crippen LogP contribution in [0.2, 0.25) is 0 Å². The van der Waals surface area contributed by atoms with Crippen LogP contribution in [0, 0.1) is 0 Å². The summed E-state index contributed by atoms with van der Waals surface area (Å²) in [6.07, 6.45) is 4.87. The molecule has 0 aliphatic carbocycles. The minimum atomic E-state index is -0.0321. The Morgan fingerprint density at radius 2 is 2.26 bits per heavy atom. The minimum Gasteiger partial charge on any atom is -0.459 e. The Balaban J connectivity index is 1.39. The van der Waals surface area contributed by atoms with E-state index in [0.29, 0.717) is 18.8 Å². The lowest BCUT2D eigenvalue weighted by atomic mass is 10.1. The van der Waals surface area contributed by atoms with E-state index in [1.807, 2.05) is 9.58 Å². The Hall–Kier alpha value is -2.26. The number of tetrazole rings is 1. The predicted molar refractivity (Wildman–Crippen MR) is 95.1 cm³/mol. The summed E-state index contributed by atoms with van der Waals surface area (Å²) in [5.41, 5.74) is 0. The van der Waals surface area contributed by atoms with E-state index in [4.69, 9.17) is 9.15 Å². The van der Waals surface area contributed by atoms with Crippen molar-refractivity contribution in [2.45, 2.75) is 44.9 Å². The maximum atomic E-state index is 12.5. The molecule has 2 atom stereocenters. The molecule has 1 amide bonds. The quantitative estimate of drug-likeness (QED) is 0.761. The first kappa shape index (κ1) is 18.1. The third kappa shape index (κ3) is 3.89. The molecule has 1 N–H and O–H groups in total. The van der Waals surface area contributed by atoms with Crippen molar-refractivity contribution in [3.63, 3.8) is 0 Å². The number of ether oxygens (including phenoxy) is 1. The van der Waals surface area contributed by atoms with Crippen molar-refractivity contribution in [2.24, 2.45) is 0 Å². The van der Waals surface area contributed by atoms with Gasteiger partial charge in [0.25, 0.3) is 5.91 Å². The molecule has 0 spiro atoms. The van der Waals surface area contributed by atoms with Crippen LogP contribution in [0.15, 0.2) is 22.8 Å². The third-order valence-electron chi connectivity index (χ3n) is 5.60. The second-order valence-corrected chi connectivity index (χ2v) is 7.24. The van der Waals surface area contributed by atoms with Crippen LogP contribution in [-0.2, 0) is 11.3 Å². The molecule has 2 aliphatic rings. The first-order valence-corrected chi connectivity index (χ1v) is 9.81. The fourth-order valence-corrected chi connectivity index (χ4v) is 4.13. The number of hydrogen-bond donors (Lipinski definition) is 1. The van der Waals surface area contributed by atoms with Gasteiger partial charge in [-0.15, -0.1) is 5.10 Å². The zero-order valence-electron chi connectivity index (χ0n) is 15.7. The number of rotatable bonds is 6. The number of furan rings is 1. The van der Waals surface area contributed by atoms with Crippen LogP contribution in [0.25, 0.3) is 0 Å². The van der Waals surface area contributed by atoms with Gasteiger partial charge in [-0.1, -0.05) is 6.92 Å². The second-order valence-electron chi connectivity index (χ2n) is 7.24. The summed E-state index contributed by atoms with van der Waals surface area (Å²) >= 11 is 0. The van der Waals surface area contributed by atoms with Gasteiger partial charge in [-0.25, -0.2) is 4.68 Å². The van der Waals surface area contributed by atoms with Gasteiger partial charge >= 0.3 is 0 Å². The van der Waals surface area contributed by atoms with Crippen molar-refractivity contribution in [3.8, 4) is 0 Å². The van der Waals surface area contributed by atoms with Gasteiger partial charge in [0.2, 0.25) is 5.82 Å². The predicted octanol–water partition coefficient (Wildman–Crippen LogP) is -0.0629. The van der Waals surface area contributed by atoms with Crippen molar-refractivity contribution in [2.75, 3.05) is 32.8 Å². The molecule has 0 aromatic carbocycles. The molecule has 9 nitrogen and oxygen atoms in total. The number of piperazine rings is 1. The summed E-state index contributed by atoms with van der Waals surface area (Å²) in [5.74, 6) is 1.30. The van der Waals surface area contributed by atoms with Gasteiger partial charge < -0.3 is 19.0 Å². The highest BCUT2D eigenvalue weighted by molar-refractivity contribution is 5.91. The van der Waals surface area contributed by atoms with E-state index in [9.17, 15) is 4.79 Å². The fraction of sp³-hybridized carbons (Fsp3) is 0.667. The van der Waals surface area contributed by atoms with Gasteiger partial charge in [0.1, 0.15) is 6.04 Å². The van der Waals surface area contributed by atoms with Crippen LogP contribution < -0.4 is 4.90 Å². The Bertz CT molecular complexity index is 732. The Kier molecular flexibility index (Phi) is 5.49. The van der Waals surface area contributed by atoms with Crippen LogP contribution in [-0.4, -0.2) is 69.9 Å². The van der Waals surface area contributed by atoms with E-state index < -0.39 is 0 Å². The van der Waals surface area contributed by atoms with Crippen LogP contribution >= 0.6 is 0 Å². The lowest BCUT2D eigenvalue weighted by Crippen LogP contribution is -3.15. The van der Waals surface area contributed by atoms with E-state index in [1.54, 1.807) is 12.1 Å². The molecule has 4 rings (SSSR count). The Morgan fingerprint density at radius 1 is 1.41 bits per heavy atom. The molecule has 2 aliphatic heterocycles. The van der Waals surface area contributed by atoms with E-state index in [-0.39, 0.29) is 18.1 Å². The lowest BCUT2D eigenvalue weighted by molar-refractivity contribution is -0.936. The van der Waals surface area contributed by atoms with Gasteiger partial charge in [-0.3, -0.25) is 4.79 Å². The molecule has 0 bridgehead atoms. The molecular formula is C18H27N6O3+. The van der Waals surface area contributed by atoms with E-state index in [1.165, 1.54) is 11.2 Å². The average Bonchev–Trinajstić information content (AvgIpc) is 3.46. The van der Waals surface area contributed by atoms with E-state index in [0.717, 1.165) is 51.3 Å². The molecule has 2 saturated heterocycles. The molecule has 0 radical (unpaired) electrons. The number of carbonyl (C=O) groups excluding carboxylic acids is 1. The summed E-state index contributed by atoms with van der Waals surface area (Å²) in [5, 5.41) is 12.5. The summed E-state index contributed by atoms with van der Waals surface area (Å²) in [4.78, 5) is 15.7. The number of aromatic nitrogens is 4. The second kappa shape index (κ2) is 8.18. The molecule has 0 saturated carbocycles. The summed E-state index contributed by atoms with van der Waals surface area (Å²) in [6, 6.07) is 3.69. The van der Waals surface area contributed by atoms with Gasteiger partial charge in [0, 0.05) is 13.0 Å². The van der Waals surface area contributed by atoms with Crippen molar-refractivity contribution in [3.05, 3.63) is 30.0 Å². The molecule has 0 unspecified atom stereocenters. The van der Waals surface area contributed by atoms with Crippen molar-refractivity contribution in [1.82, 2.24) is 25.1 Å². The van der Waals surface area contributed by atoms with E-state index in [2.05, 4.69) is 22.4 Å². The minimum absolute atomic E-state index is 0.0321. The van der Waals surface area contributed by atoms with E-state index >= 15 is 0 Å². The molecule has 2 aromatic heterocycles. The SMILES string of the molecule is CC[C@@H](c1nnnn1C[C@H]1CCCO1)[NH+]1CCN(C(=O)c2ccco2)CC1. The fourth-order valence-electron chi connectivity index (χ4n) is 4.13. The molecule has 146 valence electrons. The van der Waals surface area contributed by atoms with Crippen molar-refractivity contribution >= 4 is 5.91 Å². The Labute approximate surface area is 158 Å². The largest absolute Gasteiger partial charge is 0.459 e. The highest BCUT2D eigenvalue weighted by Gasteiger charge is 2.34. The van der Waals surface area contributed by atoms with Gasteiger partial charge in [-0.05, 0) is 35.4 Å². The number of quaternary nitrogens is 1. The number of hydrogen-bond acceptors (Lipinski definition) is 6. The summed E-state index contributed by atoms with van der Waals surface area (Å²) in [7, 11) is 0. The Morgan fingerprint density at radius 3 is 2.93 bits per heavy atom. The molecule has 4 heterocycles. The highest BCUT2D eigenvalue weighted by atomic mass is 16.5. The summed E-state index contributed by atoms with van der Waals surface area (Å²) in [6.45, 7) is 6.88. The topological polar surface area (TPSA) is 90.7 Å². The summed E-state index contributed by atoms with van der Waals surface area (Å²) < 4.78 is 12.9. The molecular weight excluding hydrogens is 348 g/mol. The smallest absolute Gasteiger partial charge is 0.289 e. The van der Waals surface area contributed by atoms with Crippen molar-refractivity contribution < 1.29 is 18.8 Å². The standard InChI is InChI=1S/C18H26N6O3/c1-2-15(17-19-20-21-24(17)13-14-5-3-11-26-14)22-7-9-23(10-8-22)18(25)16-6-4-12-27-16/h4,6,12,14-15H,2-3,5,7-11,13H2,1H3/p+1/t14-,15+/m1/s1. The van der Waals surface area contributed by atoms with Gasteiger partial charge in [0.05, 0.1) is 45.1 Å². The maximum Gasteiger partial charge on any atom is 0.289 e.